The molecule has 0 aliphatic carbocycles. The normalized spacial score (nSPS) is 24.5. The Morgan fingerprint density at radius 1 is 1.64 bits per heavy atom. The Kier molecular flexibility index (Phi) is 3.06. The largest absolute Gasteiger partial charge is 0.381 e. The first-order valence-electron chi connectivity index (χ1n) is 4.30. The third-order valence-electron chi connectivity index (χ3n) is 1.99. The number of carbonyl (C=O) groups excluding carboxylic acids is 1. The first kappa shape index (κ1) is 8.72. The molecule has 1 fully saturated rings. The highest BCUT2D eigenvalue weighted by atomic mass is 16.5. The van der Waals surface area contributed by atoms with Crippen LogP contribution < -0.4 is 0 Å². The SMILES string of the molecule is CC(C)CC(=O)C1CCOC1. The molecular weight excluding hydrogens is 140 g/mol. The average molecular weight is 156 g/mol. The van der Waals surface area contributed by atoms with Gasteiger partial charge in [-0.1, -0.05) is 13.8 Å². The quantitative estimate of drug-likeness (QED) is 0.621. The Labute approximate surface area is 67.9 Å². The lowest BCUT2D eigenvalue weighted by Gasteiger charge is -2.07. The second-order valence-corrected chi connectivity index (χ2v) is 3.62. The van der Waals surface area contributed by atoms with Crippen molar-refractivity contribution >= 4 is 5.78 Å². The van der Waals surface area contributed by atoms with Gasteiger partial charge in [-0.05, 0) is 12.3 Å². The molecule has 0 spiro atoms. The van der Waals surface area contributed by atoms with Crippen molar-refractivity contribution in [1.29, 1.82) is 0 Å². The molecule has 0 aromatic rings. The van der Waals surface area contributed by atoms with E-state index in [1.807, 2.05) is 0 Å². The van der Waals surface area contributed by atoms with Crippen molar-refractivity contribution in [2.75, 3.05) is 13.2 Å². The van der Waals surface area contributed by atoms with Crippen LogP contribution in [0.25, 0.3) is 0 Å². The number of Topliss-reactive ketones (excluding diaryl/α,β-unsaturated/α-hetero) is 1. The molecule has 1 aliphatic heterocycles. The standard InChI is InChI=1S/C9H16O2/c1-7(2)5-9(10)8-3-4-11-6-8/h7-8H,3-6H2,1-2H3. The summed E-state index contributed by atoms with van der Waals surface area (Å²) < 4.78 is 5.14. The maximum atomic E-state index is 11.4. The molecule has 0 radical (unpaired) electrons. The molecule has 0 bridgehead atoms. The molecule has 1 atom stereocenters. The van der Waals surface area contributed by atoms with Gasteiger partial charge in [-0.15, -0.1) is 0 Å². The molecule has 1 unspecified atom stereocenters. The maximum absolute atomic E-state index is 11.4. The molecule has 0 N–H and O–H groups in total. The van der Waals surface area contributed by atoms with E-state index < -0.39 is 0 Å². The molecule has 11 heavy (non-hydrogen) atoms. The predicted octanol–water partition coefficient (Wildman–Crippen LogP) is 1.64. The van der Waals surface area contributed by atoms with E-state index in [9.17, 15) is 4.79 Å². The van der Waals surface area contributed by atoms with Crippen molar-refractivity contribution in [2.45, 2.75) is 26.7 Å². The number of hydrogen-bond acceptors (Lipinski definition) is 2. The summed E-state index contributed by atoms with van der Waals surface area (Å²) in [5, 5.41) is 0. The molecule has 1 saturated heterocycles. The number of carbonyl (C=O) groups is 1. The van der Waals surface area contributed by atoms with Crippen molar-refractivity contribution in [3.05, 3.63) is 0 Å². The maximum Gasteiger partial charge on any atom is 0.138 e. The van der Waals surface area contributed by atoms with Crippen LogP contribution in [0.1, 0.15) is 26.7 Å². The van der Waals surface area contributed by atoms with Crippen LogP contribution in [0.5, 0.6) is 0 Å². The second-order valence-electron chi connectivity index (χ2n) is 3.62. The molecule has 64 valence electrons. The molecule has 1 heterocycles. The van der Waals surface area contributed by atoms with Gasteiger partial charge in [0.15, 0.2) is 0 Å². The monoisotopic (exact) mass is 156 g/mol. The second kappa shape index (κ2) is 3.86. The molecule has 1 aliphatic rings. The van der Waals surface area contributed by atoms with Crippen LogP contribution in [0.4, 0.5) is 0 Å². The molecule has 0 aromatic heterocycles. The van der Waals surface area contributed by atoms with Crippen molar-refractivity contribution < 1.29 is 9.53 Å². The van der Waals surface area contributed by atoms with Crippen molar-refractivity contribution in [1.82, 2.24) is 0 Å². The lowest BCUT2D eigenvalue weighted by atomic mass is 9.96. The number of ether oxygens (including phenoxy) is 1. The third kappa shape index (κ3) is 2.62. The van der Waals surface area contributed by atoms with E-state index >= 15 is 0 Å². The van der Waals surface area contributed by atoms with Gasteiger partial charge in [0, 0.05) is 18.9 Å². The van der Waals surface area contributed by atoms with Gasteiger partial charge < -0.3 is 4.74 Å². The summed E-state index contributed by atoms with van der Waals surface area (Å²) in [5.41, 5.74) is 0. The third-order valence-corrected chi connectivity index (χ3v) is 1.99. The minimum atomic E-state index is 0.206. The Bertz CT molecular complexity index is 134. The highest BCUT2D eigenvalue weighted by Gasteiger charge is 2.23. The molecule has 1 rings (SSSR count). The van der Waals surface area contributed by atoms with Crippen LogP contribution in [-0.2, 0) is 9.53 Å². The lowest BCUT2D eigenvalue weighted by molar-refractivity contribution is -0.123. The van der Waals surface area contributed by atoms with Crippen LogP contribution in [-0.4, -0.2) is 19.0 Å². The molecule has 0 aromatic carbocycles. The summed E-state index contributed by atoms with van der Waals surface area (Å²) >= 11 is 0. The zero-order valence-electron chi connectivity index (χ0n) is 7.30. The van der Waals surface area contributed by atoms with E-state index in [1.165, 1.54) is 0 Å². The smallest absolute Gasteiger partial charge is 0.138 e. The van der Waals surface area contributed by atoms with Crippen LogP contribution in [0, 0.1) is 11.8 Å². The molecule has 2 heteroatoms. The Balaban J connectivity index is 2.28. The highest BCUT2D eigenvalue weighted by molar-refractivity contribution is 5.81. The van der Waals surface area contributed by atoms with E-state index in [2.05, 4.69) is 13.8 Å². The summed E-state index contributed by atoms with van der Waals surface area (Å²) in [4.78, 5) is 11.4. The molecular formula is C9H16O2. The van der Waals surface area contributed by atoms with Gasteiger partial charge in [0.1, 0.15) is 5.78 Å². The summed E-state index contributed by atoms with van der Waals surface area (Å²) in [6.07, 6.45) is 1.65. The van der Waals surface area contributed by atoms with E-state index in [0.717, 1.165) is 13.0 Å². The highest BCUT2D eigenvalue weighted by Crippen LogP contribution is 2.17. The zero-order valence-corrected chi connectivity index (χ0v) is 7.30. The molecule has 2 nitrogen and oxygen atoms in total. The van der Waals surface area contributed by atoms with Gasteiger partial charge in [-0.3, -0.25) is 4.79 Å². The summed E-state index contributed by atoms with van der Waals surface area (Å²) in [5.74, 6) is 1.08. The van der Waals surface area contributed by atoms with Crippen LogP contribution in [0.3, 0.4) is 0 Å². The fourth-order valence-electron chi connectivity index (χ4n) is 1.36. The fourth-order valence-corrected chi connectivity index (χ4v) is 1.36. The van der Waals surface area contributed by atoms with Crippen LogP contribution in [0.15, 0.2) is 0 Å². The number of ketones is 1. The van der Waals surface area contributed by atoms with Crippen LogP contribution >= 0.6 is 0 Å². The lowest BCUT2D eigenvalue weighted by Crippen LogP contribution is -2.15. The zero-order chi connectivity index (χ0) is 8.27. The van der Waals surface area contributed by atoms with Crippen molar-refractivity contribution in [3.63, 3.8) is 0 Å². The number of rotatable bonds is 3. The van der Waals surface area contributed by atoms with Crippen molar-refractivity contribution in [2.24, 2.45) is 11.8 Å². The summed E-state index contributed by atoms with van der Waals surface area (Å²) in [7, 11) is 0. The van der Waals surface area contributed by atoms with Gasteiger partial charge in [0.25, 0.3) is 0 Å². The van der Waals surface area contributed by atoms with E-state index in [4.69, 9.17) is 4.74 Å². The first-order valence-corrected chi connectivity index (χ1v) is 4.30. The van der Waals surface area contributed by atoms with Gasteiger partial charge in [-0.2, -0.15) is 0 Å². The summed E-state index contributed by atoms with van der Waals surface area (Å²) in [6, 6.07) is 0. The Morgan fingerprint density at radius 2 is 2.36 bits per heavy atom. The minimum absolute atomic E-state index is 0.206. The van der Waals surface area contributed by atoms with Crippen molar-refractivity contribution in [3.8, 4) is 0 Å². The molecule has 0 saturated carbocycles. The fraction of sp³-hybridized carbons (Fsp3) is 0.889. The van der Waals surface area contributed by atoms with E-state index in [0.29, 0.717) is 24.7 Å². The predicted molar refractivity (Wildman–Crippen MR) is 43.4 cm³/mol. The number of hydrogen-bond donors (Lipinski definition) is 0. The Hall–Kier alpha value is -0.370. The average Bonchev–Trinajstić information content (AvgIpc) is 2.35. The summed E-state index contributed by atoms with van der Waals surface area (Å²) in [6.45, 7) is 5.58. The van der Waals surface area contributed by atoms with Gasteiger partial charge >= 0.3 is 0 Å². The van der Waals surface area contributed by atoms with Crippen LogP contribution in [0.2, 0.25) is 0 Å². The van der Waals surface area contributed by atoms with Gasteiger partial charge in [-0.25, -0.2) is 0 Å². The minimum Gasteiger partial charge on any atom is -0.381 e. The van der Waals surface area contributed by atoms with E-state index in [-0.39, 0.29) is 5.92 Å². The topological polar surface area (TPSA) is 26.3 Å². The van der Waals surface area contributed by atoms with E-state index in [1.54, 1.807) is 0 Å². The molecule has 0 amide bonds. The van der Waals surface area contributed by atoms with Gasteiger partial charge in [0.2, 0.25) is 0 Å². The Morgan fingerprint density at radius 3 is 2.82 bits per heavy atom. The van der Waals surface area contributed by atoms with Gasteiger partial charge in [0.05, 0.1) is 6.61 Å². The first-order chi connectivity index (χ1) is 5.20.